The number of nitrogens with zero attached hydrogens (tertiary/aromatic N) is 4. The number of aryl methyl sites for hydroxylation is 2. The van der Waals surface area contributed by atoms with Crippen LogP contribution in [0.5, 0.6) is 0 Å². The van der Waals surface area contributed by atoms with Gasteiger partial charge in [-0.2, -0.15) is 4.98 Å². The molecule has 1 aromatic carbocycles. The minimum absolute atomic E-state index is 0. The van der Waals surface area contributed by atoms with Crippen molar-refractivity contribution in [1.29, 1.82) is 0 Å². The molecule has 1 amide bonds. The molecule has 0 spiro atoms. The Bertz CT molecular complexity index is 1210. The lowest BCUT2D eigenvalue weighted by molar-refractivity contribution is 0.0272. The van der Waals surface area contributed by atoms with Crippen LogP contribution in [0, 0.1) is 13.8 Å². The predicted molar refractivity (Wildman–Crippen MR) is 118 cm³/mol. The third-order valence-electron chi connectivity index (χ3n) is 4.79. The molecule has 1 saturated heterocycles. The second-order valence-corrected chi connectivity index (χ2v) is 8.79. The third-order valence-corrected chi connectivity index (χ3v) is 6.29. The van der Waals surface area contributed by atoms with Crippen molar-refractivity contribution in [2.75, 3.05) is 31.0 Å². The number of rotatable bonds is 5. The van der Waals surface area contributed by atoms with E-state index in [1.807, 2.05) is 6.92 Å². The Hall–Kier alpha value is -3.02. The van der Waals surface area contributed by atoms with Crippen LogP contribution in [0.1, 0.15) is 21.8 Å². The van der Waals surface area contributed by atoms with E-state index in [9.17, 15) is 13.2 Å². The Balaban J connectivity index is 0.00000289. The van der Waals surface area contributed by atoms with Crippen molar-refractivity contribution < 1.29 is 22.5 Å². The molecule has 12 heteroatoms. The summed E-state index contributed by atoms with van der Waals surface area (Å²) in [5.74, 6) is -0.187. The van der Waals surface area contributed by atoms with Crippen LogP contribution in [-0.4, -0.2) is 60.7 Å². The first-order chi connectivity index (χ1) is 14.8. The van der Waals surface area contributed by atoms with E-state index in [1.54, 1.807) is 42.3 Å². The van der Waals surface area contributed by atoms with Crippen LogP contribution in [0.25, 0.3) is 11.4 Å². The highest BCUT2D eigenvalue weighted by Gasteiger charge is 2.25. The number of benzene rings is 1. The van der Waals surface area contributed by atoms with Crippen LogP contribution in [0.4, 0.5) is 5.82 Å². The fourth-order valence-electron chi connectivity index (χ4n) is 3.08. The number of anilines is 1. The Labute approximate surface area is 191 Å². The van der Waals surface area contributed by atoms with Gasteiger partial charge in [-0.15, -0.1) is 12.4 Å². The summed E-state index contributed by atoms with van der Waals surface area (Å²) in [5, 5.41) is 3.86. The van der Waals surface area contributed by atoms with Crippen molar-refractivity contribution in [3.63, 3.8) is 0 Å². The fraction of sp³-hybridized carbons (Fsp3) is 0.300. The van der Waals surface area contributed by atoms with Gasteiger partial charge < -0.3 is 14.2 Å². The van der Waals surface area contributed by atoms with E-state index in [2.05, 4.69) is 19.8 Å². The average Bonchev–Trinajstić information content (AvgIpc) is 3.26. The lowest BCUT2D eigenvalue weighted by atomic mass is 10.1. The molecule has 3 heterocycles. The van der Waals surface area contributed by atoms with Crippen LogP contribution in [0.15, 0.2) is 45.9 Å². The molecule has 1 aliphatic heterocycles. The van der Waals surface area contributed by atoms with Crippen LogP contribution >= 0.6 is 12.4 Å². The minimum atomic E-state index is -3.90. The van der Waals surface area contributed by atoms with E-state index in [0.717, 1.165) is 5.56 Å². The number of aromatic nitrogens is 3. The van der Waals surface area contributed by atoms with Crippen molar-refractivity contribution in [2.24, 2.45) is 0 Å². The molecule has 4 rings (SSSR count). The average molecular weight is 480 g/mol. The lowest BCUT2D eigenvalue weighted by Crippen LogP contribution is -2.40. The molecule has 0 aliphatic carbocycles. The quantitative estimate of drug-likeness (QED) is 0.591. The molecule has 1 aliphatic rings. The molecule has 0 radical (unpaired) electrons. The second-order valence-electron chi connectivity index (χ2n) is 7.13. The number of carbonyl (C=O) groups is 1. The van der Waals surface area contributed by atoms with Gasteiger partial charge in [0.1, 0.15) is 5.82 Å². The zero-order chi connectivity index (χ0) is 22.0. The van der Waals surface area contributed by atoms with Crippen molar-refractivity contribution in [3.8, 4) is 11.4 Å². The highest BCUT2D eigenvalue weighted by molar-refractivity contribution is 7.92. The zero-order valence-corrected chi connectivity index (χ0v) is 19.1. The molecule has 10 nitrogen and oxygen atoms in total. The highest BCUT2D eigenvalue weighted by atomic mass is 35.5. The summed E-state index contributed by atoms with van der Waals surface area (Å²) in [6.07, 6.45) is 1.58. The molecule has 0 unspecified atom stereocenters. The molecule has 32 heavy (non-hydrogen) atoms. The second kappa shape index (κ2) is 9.63. The number of amides is 1. The molecule has 2 aromatic heterocycles. The van der Waals surface area contributed by atoms with Gasteiger partial charge >= 0.3 is 11.8 Å². The van der Waals surface area contributed by atoms with E-state index in [-0.39, 0.29) is 40.7 Å². The summed E-state index contributed by atoms with van der Waals surface area (Å²) in [6, 6.07) is 8.12. The Morgan fingerprint density at radius 2 is 1.88 bits per heavy atom. The first-order valence-corrected chi connectivity index (χ1v) is 11.1. The summed E-state index contributed by atoms with van der Waals surface area (Å²) in [4.78, 5) is 22.4. The fourth-order valence-corrected chi connectivity index (χ4v) is 4.36. The first kappa shape index (κ1) is 23.6. The zero-order valence-electron chi connectivity index (χ0n) is 17.4. The monoisotopic (exact) mass is 479 g/mol. The van der Waals surface area contributed by atoms with E-state index in [0.29, 0.717) is 37.4 Å². The van der Waals surface area contributed by atoms with E-state index in [1.165, 1.54) is 6.07 Å². The number of halogens is 1. The Morgan fingerprint density at radius 1 is 1.12 bits per heavy atom. The van der Waals surface area contributed by atoms with Crippen molar-refractivity contribution in [3.05, 3.63) is 53.5 Å². The van der Waals surface area contributed by atoms with Gasteiger partial charge in [-0.25, -0.2) is 13.4 Å². The van der Waals surface area contributed by atoms with Crippen LogP contribution in [-0.2, 0) is 14.8 Å². The molecule has 1 fully saturated rings. The number of ether oxygens (including phenoxy) is 1. The van der Waals surface area contributed by atoms with E-state index in [4.69, 9.17) is 9.26 Å². The Morgan fingerprint density at radius 3 is 2.56 bits per heavy atom. The summed E-state index contributed by atoms with van der Waals surface area (Å²) in [7, 11) is -3.90. The molecule has 170 valence electrons. The lowest BCUT2D eigenvalue weighted by Gasteiger charge is -2.25. The normalized spacial score (nSPS) is 14.0. The Kier molecular flexibility index (Phi) is 7.12. The molecule has 0 saturated carbocycles. The van der Waals surface area contributed by atoms with Crippen LogP contribution in [0.3, 0.4) is 0 Å². The van der Waals surface area contributed by atoms with Gasteiger partial charge in [0, 0.05) is 24.8 Å². The van der Waals surface area contributed by atoms with Crippen molar-refractivity contribution in [2.45, 2.75) is 18.7 Å². The number of carbonyl (C=O) groups excluding carboxylic acids is 1. The van der Waals surface area contributed by atoms with Gasteiger partial charge in [0.2, 0.25) is 5.82 Å². The SMILES string of the molecule is Cc1ccc(NS(=O)(=O)c2cc(-c3noc(C(=O)N4CCOCC4)n3)ccc2C)nc1.Cl. The number of nitrogens with one attached hydrogen (secondary N) is 1. The smallest absolute Gasteiger partial charge is 0.316 e. The maximum Gasteiger partial charge on any atom is 0.316 e. The molecule has 0 bridgehead atoms. The molecule has 1 N–H and O–H groups in total. The summed E-state index contributed by atoms with van der Waals surface area (Å²) < 4.78 is 38.7. The third kappa shape index (κ3) is 5.06. The van der Waals surface area contributed by atoms with Gasteiger partial charge in [0.15, 0.2) is 0 Å². The largest absolute Gasteiger partial charge is 0.378 e. The molecule has 0 atom stereocenters. The predicted octanol–water partition coefficient (Wildman–Crippen LogP) is 2.44. The van der Waals surface area contributed by atoms with Gasteiger partial charge in [-0.3, -0.25) is 9.52 Å². The van der Waals surface area contributed by atoms with Crippen LogP contribution < -0.4 is 4.72 Å². The van der Waals surface area contributed by atoms with E-state index < -0.39 is 10.0 Å². The number of hydrogen-bond donors (Lipinski definition) is 1. The highest BCUT2D eigenvalue weighted by Crippen LogP contribution is 2.25. The number of pyridine rings is 1. The number of morpholine rings is 1. The molecular weight excluding hydrogens is 458 g/mol. The van der Waals surface area contributed by atoms with Crippen LogP contribution in [0.2, 0.25) is 0 Å². The van der Waals surface area contributed by atoms with E-state index >= 15 is 0 Å². The van der Waals surface area contributed by atoms with Crippen molar-refractivity contribution >= 4 is 34.2 Å². The number of hydrogen-bond acceptors (Lipinski definition) is 8. The maximum absolute atomic E-state index is 12.9. The molecule has 3 aromatic rings. The number of sulfonamides is 1. The van der Waals surface area contributed by atoms with Gasteiger partial charge in [-0.1, -0.05) is 23.4 Å². The maximum atomic E-state index is 12.9. The van der Waals surface area contributed by atoms with Gasteiger partial charge in [0.05, 0.1) is 18.1 Å². The standard InChI is InChI=1S/C20H21N5O5S.ClH/c1-13-3-6-17(21-12-13)24-31(27,28)16-11-15(5-4-14(16)2)18-22-19(30-23-18)20(26)25-7-9-29-10-8-25;/h3-6,11-12H,7-10H2,1-2H3,(H,21,24);1H. The van der Waals surface area contributed by atoms with Gasteiger partial charge in [0.25, 0.3) is 10.0 Å². The topological polar surface area (TPSA) is 128 Å². The summed E-state index contributed by atoms with van der Waals surface area (Å²) >= 11 is 0. The summed E-state index contributed by atoms with van der Waals surface area (Å²) in [6.45, 7) is 5.35. The first-order valence-electron chi connectivity index (χ1n) is 9.61. The minimum Gasteiger partial charge on any atom is -0.378 e. The summed E-state index contributed by atoms with van der Waals surface area (Å²) in [5.41, 5.74) is 1.87. The van der Waals surface area contributed by atoms with Gasteiger partial charge in [-0.05, 0) is 37.1 Å². The molecular formula is C20H22ClN5O5S. The van der Waals surface area contributed by atoms with Crippen molar-refractivity contribution in [1.82, 2.24) is 20.0 Å².